The molecular weight excluding hydrogens is 460 g/mol. The third-order valence-corrected chi connectivity index (χ3v) is 7.34. The number of pyridine rings is 1. The summed E-state index contributed by atoms with van der Waals surface area (Å²) in [5, 5.41) is 13.6. The van der Waals surface area contributed by atoms with Gasteiger partial charge in [0.05, 0.1) is 21.4 Å². The van der Waals surface area contributed by atoms with E-state index in [0.717, 1.165) is 25.2 Å². The van der Waals surface area contributed by atoms with Crippen molar-refractivity contribution in [2.45, 2.75) is 18.9 Å². The van der Waals surface area contributed by atoms with Gasteiger partial charge in [-0.05, 0) is 24.5 Å². The van der Waals surface area contributed by atoms with E-state index in [9.17, 15) is 19.7 Å². The molecular formula is C20H19ClN4O4S2. The Kier molecular flexibility index (Phi) is 6.31. The number of non-ortho nitro benzene ring substituents is 1. The maximum absolute atomic E-state index is 12.3. The molecule has 2 aliphatic rings. The standard InChI is InChI=1S/C20H19ClN4O4S2/c21-15-7-14(25(28)29)4-5-16(15)22-18(26)11-31-20(30)23-8-12-6-13(10-23)17-2-1-3-19(27)24(17)9-12/h1-5,7,12-13H,6,8-11H2,(H,22,26)/t12-,13+/m1/s1. The molecule has 1 aromatic carbocycles. The van der Waals surface area contributed by atoms with Crippen molar-refractivity contribution in [1.29, 1.82) is 0 Å². The highest BCUT2D eigenvalue weighted by atomic mass is 35.5. The summed E-state index contributed by atoms with van der Waals surface area (Å²) in [4.78, 5) is 36.8. The predicted molar refractivity (Wildman–Crippen MR) is 125 cm³/mol. The average molecular weight is 479 g/mol. The Labute approximate surface area is 192 Å². The van der Waals surface area contributed by atoms with Gasteiger partial charge in [0.2, 0.25) is 5.91 Å². The van der Waals surface area contributed by atoms with Crippen LogP contribution in [0.2, 0.25) is 5.02 Å². The molecule has 1 saturated heterocycles. The van der Waals surface area contributed by atoms with Crippen molar-refractivity contribution >= 4 is 57.2 Å². The van der Waals surface area contributed by atoms with Crippen molar-refractivity contribution in [2.24, 2.45) is 5.92 Å². The highest BCUT2D eigenvalue weighted by Gasteiger charge is 2.35. The quantitative estimate of drug-likeness (QED) is 0.408. The first-order chi connectivity index (χ1) is 14.8. The third-order valence-electron chi connectivity index (χ3n) is 5.50. The van der Waals surface area contributed by atoms with Gasteiger partial charge in [0.25, 0.3) is 11.2 Å². The molecule has 2 atom stereocenters. The Morgan fingerprint density at radius 2 is 2.10 bits per heavy atom. The first-order valence-corrected chi connectivity index (χ1v) is 11.4. The van der Waals surface area contributed by atoms with Gasteiger partial charge >= 0.3 is 0 Å². The zero-order valence-corrected chi connectivity index (χ0v) is 18.7. The smallest absolute Gasteiger partial charge is 0.271 e. The molecule has 1 N–H and O–H groups in total. The molecule has 0 spiro atoms. The topological polar surface area (TPSA) is 97.5 Å². The number of nitro benzene ring substituents is 1. The second kappa shape index (κ2) is 8.97. The molecule has 162 valence electrons. The third kappa shape index (κ3) is 4.76. The van der Waals surface area contributed by atoms with Crippen LogP contribution in [-0.4, -0.2) is 43.5 Å². The van der Waals surface area contributed by atoms with Crippen LogP contribution in [0.3, 0.4) is 0 Å². The number of likely N-dealkylation sites (tertiary alicyclic amines) is 1. The zero-order chi connectivity index (χ0) is 22.1. The van der Waals surface area contributed by atoms with E-state index < -0.39 is 4.92 Å². The number of piperidine rings is 1. The van der Waals surface area contributed by atoms with Crippen molar-refractivity contribution in [3.8, 4) is 0 Å². The van der Waals surface area contributed by atoms with Gasteiger partial charge in [-0.2, -0.15) is 0 Å². The molecule has 2 bridgehead atoms. The molecule has 2 aliphatic heterocycles. The Morgan fingerprint density at radius 1 is 1.29 bits per heavy atom. The number of fused-ring (bicyclic) bond motifs is 4. The number of halogens is 1. The number of hydrogen-bond donors (Lipinski definition) is 1. The van der Waals surface area contributed by atoms with Gasteiger partial charge in [0.15, 0.2) is 0 Å². The first-order valence-electron chi connectivity index (χ1n) is 9.67. The van der Waals surface area contributed by atoms with E-state index in [2.05, 4.69) is 10.2 Å². The van der Waals surface area contributed by atoms with E-state index >= 15 is 0 Å². The molecule has 4 rings (SSSR count). The van der Waals surface area contributed by atoms with Crippen LogP contribution in [0.4, 0.5) is 11.4 Å². The lowest BCUT2D eigenvalue weighted by molar-refractivity contribution is -0.384. The molecule has 0 saturated carbocycles. The number of hydrogen-bond acceptors (Lipinski definition) is 6. The van der Waals surface area contributed by atoms with E-state index in [1.54, 1.807) is 12.1 Å². The van der Waals surface area contributed by atoms with Crippen LogP contribution in [0, 0.1) is 16.0 Å². The van der Waals surface area contributed by atoms with Gasteiger partial charge in [-0.25, -0.2) is 0 Å². The number of nitro groups is 1. The number of thioether (sulfide) groups is 1. The number of amides is 1. The van der Waals surface area contributed by atoms with E-state index in [0.29, 0.717) is 22.5 Å². The highest BCUT2D eigenvalue weighted by molar-refractivity contribution is 8.23. The number of rotatable bonds is 4. The maximum Gasteiger partial charge on any atom is 0.271 e. The lowest BCUT2D eigenvalue weighted by Gasteiger charge is -2.43. The van der Waals surface area contributed by atoms with E-state index in [4.69, 9.17) is 23.8 Å². The average Bonchev–Trinajstić information content (AvgIpc) is 2.74. The van der Waals surface area contributed by atoms with Crippen LogP contribution in [0.25, 0.3) is 0 Å². The summed E-state index contributed by atoms with van der Waals surface area (Å²) in [6.07, 6.45) is 1.03. The summed E-state index contributed by atoms with van der Waals surface area (Å²) >= 11 is 12.9. The van der Waals surface area contributed by atoms with Gasteiger partial charge in [0.1, 0.15) is 4.32 Å². The number of nitrogens with one attached hydrogen (secondary N) is 1. The molecule has 1 aromatic heterocycles. The minimum Gasteiger partial charge on any atom is -0.356 e. The van der Waals surface area contributed by atoms with Crippen molar-refractivity contribution in [1.82, 2.24) is 9.47 Å². The first kappa shape index (κ1) is 21.8. The molecule has 11 heteroatoms. The van der Waals surface area contributed by atoms with Crippen LogP contribution in [0.1, 0.15) is 18.0 Å². The molecule has 1 fully saturated rings. The summed E-state index contributed by atoms with van der Waals surface area (Å²) in [5.41, 5.74) is 1.27. The van der Waals surface area contributed by atoms with Crippen molar-refractivity contribution < 1.29 is 9.72 Å². The minimum absolute atomic E-state index is 0.0409. The zero-order valence-electron chi connectivity index (χ0n) is 16.3. The summed E-state index contributed by atoms with van der Waals surface area (Å²) in [6, 6.07) is 9.29. The minimum atomic E-state index is -0.547. The van der Waals surface area contributed by atoms with E-state index in [-0.39, 0.29) is 33.8 Å². The van der Waals surface area contributed by atoms with Crippen LogP contribution < -0.4 is 10.9 Å². The fourth-order valence-corrected chi connectivity index (χ4v) is 5.38. The van der Waals surface area contributed by atoms with Crippen molar-refractivity contribution in [3.05, 3.63) is 67.6 Å². The second-order valence-corrected chi connectivity index (χ2v) is 9.64. The van der Waals surface area contributed by atoms with Gasteiger partial charge in [-0.15, -0.1) is 0 Å². The SMILES string of the molecule is O=C(CSC(=S)N1C[C@H]2C[C@@H](C1)c1cccc(=O)n1C2)Nc1ccc([N+](=O)[O-])cc1Cl. The fourth-order valence-electron chi connectivity index (χ4n) is 4.17. The van der Waals surface area contributed by atoms with E-state index in [1.165, 1.54) is 30.0 Å². The molecule has 3 heterocycles. The number of nitrogens with zero attached hydrogens (tertiary/aromatic N) is 3. The van der Waals surface area contributed by atoms with Crippen LogP contribution in [0.5, 0.6) is 0 Å². The second-order valence-electron chi connectivity index (χ2n) is 7.63. The van der Waals surface area contributed by atoms with Gasteiger partial charge in [0, 0.05) is 49.4 Å². The fraction of sp³-hybridized carbons (Fsp3) is 0.350. The Hall–Kier alpha value is -2.43. The molecule has 0 unspecified atom stereocenters. The molecule has 8 nitrogen and oxygen atoms in total. The monoisotopic (exact) mass is 478 g/mol. The molecule has 2 aromatic rings. The summed E-state index contributed by atoms with van der Waals surface area (Å²) in [7, 11) is 0. The molecule has 1 amide bonds. The predicted octanol–water partition coefficient (Wildman–Crippen LogP) is 3.49. The number of carbonyl (C=O) groups excluding carboxylic acids is 1. The van der Waals surface area contributed by atoms with Crippen LogP contribution in [0.15, 0.2) is 41.2 Å². The van der Waals surface area contributed by atoms with Crippen molar-refractivity contribution in [3.63, 3.8) is 0 Å². The lowest BCUT2D eigenvalue weighted by atomic mass is 9.83. The molecule has 0 radical (unpaired) electrons. The van der Waals surface area contributed by atoms with Gasteiger partial charge in [-0.3, -0.25) is 19.7 Å². The van der Waals surface area contributed by atoms with Crippen LogP contribution >= 0.6 is 35.6 Å². The number of carbonyl (C=O) groups is 1. The number of thiocarbonyl (C=S) groups is 1. The molecule has 0 aliphatic carbocycles. The normalized spacial score (nSPS) is 19.5. The van der Waals surface area contributed by atoms with E-state index in [1.807, 2.05) is 10.6 Å². The number of benzene rings is 1. The highest BCUT2D eigenvalue weighted by Crippen LogP contribution is 2.36. The number of aromatic nitrogens is 1. The summed E-state index contributed by atoms with van der Waals surface area (Å²) < 4.78 is 2.51. The summed E-state index contributed by atoms with van der Waals surface area (Å²) in [5.74, 6) is 0.399. The Morgan fingerprint density at radius 3 is 2.84 bits per heavy atom. The van der Waals surface area contributed by atoms with Crippen molar-refractivity contribution in [2.75, 3.05) is 24.2 Å². The number of anilines is 1. The lowest BCUT2D eigenvalue weighted by Crippen LogP contribution is -2.48. The Bertz CT molecular complexity index is 1120. The van der Waals surface area contributed by atoms with Gasteiger partial charge in [-0.1, -0.05) is 41.6 Å². The molecule has 31 heavy (non-hydrogen) atoms. The maximum atomic E-state index is 12.3. The largest absolute Gasteiger partial charge is 0.356 e. The summed E-state index contributed by atoms with van der Waals surface area (Å²) in [6.45, 7) is 2.18. The van der Waals surface area contributed by atoms with Crippen LogP contribution in [-0.2, 0) is 11.3 Å². The Balaban J connectivity index is 1.34. The van der Waals surface area contributed by atoms with Gasteiger partial charge < -0.3 is 14.8 Å².